The molecule has 7 rings (SSSR count). The van der Waals surface area contributed by atoms with Crippen molar-refractivity contribution < 1.29 is 13.9 Å². The number of rotatable bonds is 4. The van der Waals surface area contributed by atoms with E-state index in [1.165, 1.54) is 30.5 Å². The van der Waals surface area contributed by atoms with Crippen LogP contribution in [0.5, 0.6) is 5.75 Å². The van der Waals surface area contributed by atoms with Gasteiger partial charge >= 0.3 is 0 Å². The van der Waals surface area contributed by atoms with Gasteiger partial charge in [0.25, 0.3) is 5.91 Å². The summed E-state index contributed by atoms with van der Waals surface area (Å²) in [6.07, 6.45) is 10.5. The molecule has 2 bridgehead atoms. The summed E-state index contributed by atoms with van der Waals surface area (Å²) >= 11 is 0. The van der Waals surface area contributed by atoms with Crippen molar-refractivity contribution in [3.05, 3.63) is 58.8 Å². The van der Waals surface area contributed by atoms with Crippen LogP contribution in [0.25, 0.3) is 5.65 Å². The summed E-state index contributed by atoms with van der Waals surface area (Å²) in [6, 6.07) is 5.15. The van der Waals surface area contributed by atoms with Crippen molar-refractivity contribution >= 4 is 11.6 Å². The first kappa shape index (κ1) is 19.5. The zero-order chi connectivity index (χ0) is 22.1. The minimum Gasteiger partial charge on any atom is -0.489 e. The Morgan fingerprint density at radius 2 is 1.94 bits per heavy atom. The van der Waals surface area contributed by atoms with Crippen LogP contribution in [0.3, 0.4) is 0 Å². The van der Waals surface area contributed by atoms with Crippen LogP contribution in [0.15, 0.2) is 30.6 Å². The monoisotopic (exact) mass is 447 g/mol. The third-order valence-corrected chi connectivity index (χ3v) is 7.59. The van der Waals surface area contributed by atoms with Crippen molar-refractivity contribution in [1.29, 1.82) is 0 Å². The summed E-state index contributed by atoms with van der Waals surface area (Å²) in [6.45, 7) is 0.867. The van der Waals surface area contributed by atoms with E-state index in [2.05, 4.69) is 16.5 Å². The lowest BCUT2D eigenvalue weighted by Crippen LogP contribution is -2.42. The Bertz CT molecular complexity index is 1260. The highest BCUT2D eigenvalue weighted by atomic mass is 19.1. The summed E-state index contributed by atoms with van der Waals surface area (Å²) in [7, 11) is 0. The number of fused-ring (bicyclic) bond motifs is 5. The van der Waals surface area contributed by atoms with Crippen LogP contribution in [-0.2, 0) is 13.1 Å². The van der Waals surface area contributed by atoms with E-state index in [1.54, 1.807) is 11.0 Å². The standard InChI is InChI=1S/C25H26FN5O2/c26-16-3-6-20(23(7-16)33-19-8-17-4-5-18(9-19)28-17)25(32)30-12-21-22(13-30)29-31-11-15(14-1-2-14)10-27-24(21)31/h3,6-7,10-11,14,17-19,28H,1-2,4-5,8-9,12-13H2/t17-,18+,19+. The number of carbonyl (C=O) groups excluding carboxylic acids is 1. The molecule has 1 aromatic carbocycles. The molecular formula is C25H26FN5O2. The molecule has 1 amide bonds. The van der Waals surface area contributed by atoms with Gasteiger partial charge in [0.05, 0.1) is 24.3 Å². The van der Waals surface area contributed by atoms with Crippen molar-refractivity contribution in [1.82, 2.24) is 24.8 Å². The minimum absolute atomic E-state index is 0.00180. The molecule has 2 saturated heterocycles. The maximum Gasteiger partial charge on any atom is 0.258 e. The average Bonchev–Trinajstić information content (AvgIpc) is 3.37. The van der Waals surface area contributed by atoms with Crippen molar-refractivity contribution in [2.45, 2.75) is 75.7 Å². The molecule has 170 valence electrons. The first-order valence-corrected chi connectivity index (χ1v) is 12.0. The van der Waals surface area contributed by atoms with E-state index in [9.17, 15) is 9.18 Å². The molecule has 0 radical (unpaired) electrons. The van der Waals surface area contributed by atoms with E-state index in [0.717, 1.165) is 42.6 Å². The van der Waals surface area contributed by atoms with E-state index in [-0.39, 0.29) is 12.0 Å². The van der Waals surface area contributed by atoms with Crippen molar-refractivity contribution in [3.8, 4) is 5.75 Å². The summed E-state index contributed by atoms with van der Waals surface area (Å²) in [4.78, 5) is 19.9. The molecule has 1 N–H and O–H groups in total. The minimum atomic E-state index is -0.392. The highest BCUT2D eigenvalue weighted by molar-refractivity contribution is 5.97. The van der Waals surface area contributed by atoms with Gasteiger partial charge in [-0.3, -0.25) is 4.79 Å². The normalized spacial score (nSPS) is 26.1. The highest BCUT2D eigenvalue weighted by Crippen LogP contribution is 2.40. The second-order valence-corrected chi connectivity index (χ2v) is 10.0. The van der Waals surface area contributed by atoms with Crippen LogP contribution < -0.4 is 10.1 Å². The quantitative estimate of drug-likeness (QED) is 0.662. The number of nitrogens with zero attached hydrogens (tertiary/aromatic N) is 4. The van der Waals surface area contributed by atoms with Crippen LogP contribution in [0.4, 0.5) is 4.39 Å². The predicted octanol–water partition coefficient (Wildman–Crippen LogP) is 3.56. The summed E-state index contributed by atoms with van der Waals surface area (Å²) in [5.74, 6) is 0.410. The fourth-order valence-corrected chi connectivity index (χ4v) is 5.75. The zero-order valence-electron chi connectivity index (χ0n) is 18.3. The lowest BCUT2D eigenvalue weighted by molar-refractivity contribution is 0.0737. The van der Waals surface area contributed by atoms with Gasteiger partial charge in [-0.2, -0.15) is 5.10 Å². The number of aromatic nitrogens is 3. The van der Waals surface area contributed by atoms with Crippen LogP contribution >= 0.6 is 0 Å². The maximum atomic E-state index is 14.1. The summed E-state index contributed by atoms with van der Waals surface area (Å²) in [5.41, 5.74) is 4.32. The van der Waals surface area contributed by atoms with Gasteiger partial charge in [-0.05, 0) is 62.1 Å². The molecule has 0 unspecified atom stereocenters. The Kier molecular flexibility index (Phi) is 4.28. The first-order valence-electron chi connectivity index (χ1n) is 12.0. The molecule has 33 heavy (non-hydrogen) atoms. The smallest absolute Gasteiger partial charge is 0.258 e. The largest absolute Gasteiger partial charge is 0.489 e. The molecule has 1 aliphatic carbocycles. The number of hydrogen-bond donors (Lipinski definition) is 1. The van der Waals surface area contributed by atoms with Crippen LogP contribution in [0.1, 0.15) is 71.6 Å². The zero-order valence-corrected chi connectivity index (χ0v) is 18.3. The second-order valence-electron chi connectivity index (χ2n) is 10.0. The first-order chi connectivity index (χ1) is 16.1. The third kappa shape index (κ3) is 3.39. The van der Waals surface area contributed by atoms with E-state index in [1.807, 2.05) is 10.7 Å². The van der Waals surface area contributed by atoms with Gasteiger partial charge in [-0.1, -0.05) is 0 Å². The lowest BCUT2D eigenvalue weighted by atomic mass is 10.0. The molecule has 2 aromatic heterocycles. The maximum absolute atomic E-state index is 14.1. The van der Waals surface area contributed by atoms with Gasteiger partial charge < -0.3 is 15.0 Å². The molecule has 7 nitrogen and oxygen atoms in total. The predicted molar refractivity (Wildman–Crippen MR) is 119 cm³/mol. The molecule has 5 heterocycles. The number of amides is 1. The van der Waals surface area contributed by atoms with Gasteiger partial charge in [0.15, 0.2) is 5.65 Å². The number of ether oxygens (including phenoxy) is 1. The number of carbonyl (C=O) groups is 1. The van der Waals surface area contributed by atoms with Crippen molar-refractivity contribution in [2.24, 2.45) is 0 Å². The van der Waals surface area contributed by atoms with Crippen LogP contribution in [0.2, 0.25) is 0 Å². The molecule has 4 aliphatic rings. The van der Waals surface area contributed by atoms with Crippen LogP contribution in [-0.4, -0.2) is 43.6 Å². The SMILES string of the molecule is O=C(c1ccc(F)cc1O[C@H]1C[C@H]2CC[C@@H](C1)N2)N1Cc2nn3cc(C4CC4)cnc3c2C1. The average molecular weight is 448 g/mol. The molecule has 8 heteroatoms. The number of benzene rings is 1. The molecule has 3 fully saturated rings. The molecule has 3 aliphatic heterocycles. The Morgan fingerprint density at radius 3 is 2.73 bits per heavy atom. The van der Waals surface area contributed by atoms with Gasteiger partial charge in [-0.15, -0.1) is 0 Å². The van der Waals surface area contributed by atoms with Gasteiger partial charge in [0, 0.05) is 36.1 Å². The molecule has 3 aromatic rings. The van der Waals surface area contributed by atoms with Crippen molar-refractivity contribution in [3.63, 3.8) is 0 Å². The molecule has 0 spiro atoms. The summed E-state index contributed by atoms with van der Waals surface area (Å²) < 4.78 is 22.2. The van der Waals surface area contributed by atoms with Crippen LogP contribution in [0, 0.1) is 5.82 Å². The Hall–Kier alpha value is -3.00. The van der Waals surface area contributed by atoms with E-state index < -0.39 is 5.82 Å². The number of halogens is 1. The van der Waals surface area contributed by atoms with Gasteiger partial charge in [0.2, 0.25) is 0 Å². The Balaban J connectivity index is 1.13. The fraction of sp³-hybridized carbons (Fsp3) is 0.480. The van der Waals surface area contributed by atoms with E-state index in [0.29, 0.717) is 42.4 Å². The molecular weight excluding hydrogens is 421 g/mol. The van der Waals surface area contributed by atoms with E-state index >= 15 is 0 Å². The number of piperidine rings is 1. The van der Waals surface area contributed by atoms with Crippen molar-refractivity contribution in [2.75, 3.05) is 0 Å². The molecule has 1 saturated carbocycles. The third-order valence-electron chi connectivity index (χ3n) is 7.59. The summed E-state index contributed by atoms with van der Waals surface area (Å²) in [5, 5.41) is 8.30. The second kappa shape index (κ2) is 7.25. The topological polar surface area (TPSA) is 71.8 Å². The number of hydrogen-bond acceptors (Lipinski definition) is 5. The molecule has 3 atom stereocenters. The fourth-order valence-electron chi connectivity index (χ4n) is 5.75. The Labute approximate surface area is 190 Å². The highest BCUT2D eigenvalue weighted by Gasteiger charge is 2.36. The lowest BCUT2D eigenvalue weighted by Gasteiger charge is -2.30. The number of nitrogens with one attached hydrogen (secondary N) is 1. The van der Waals surface area contributed by atoms with Gasteiger partial charge in [-0.25, -0.2) is 13.9 Å². The Morgan fingerprint density at radius 1 is 1.12 bits per heavy atom. The van der Waals surface area contributed by atoms with E-state index in [4.69, 9.17) is 9.84 Å². The van der Waals surface area contributed by atoms with Gasteiger partial charge in [0.1, 0.15) is 17.7 Å².